The molecule has 3 aromatic rings. The van der Waals surface area contributed by atoms with Crippen LogP contribution in [0.4, 0.5) is 11.4 Å². The maximum atomic E-state index is 13.2. The van der Waals surface area contributed by atoms with Gasteiger partial charge in [0.1, 0.15) is 0 Å². The van der Waals surface area contributed by atoms with Crippen molar-refractivity contribution in [2.24, 2.45) is 0 Å². The minimum absolute atomic E-state index is 0.0561. The van der Waals surface area contributed by atoms with Crippen molar-refractivity contribution >= 4 is 42.5 Å². The lowest BCUT2D eigenvalue weighted by atomic mass is 10.1. The minimum atomic E-state index is -3.83. The molecule has 0 amide bonds. The Balaban J connectivity index is 1.57. The summed E-state index contributed by atoms with van der Waals surface area (Å²) in [6.07, 6.45) is 3.60. The van der Waals surface area contributed by atoms with Gasteiger partial charge in [-0.2, -0.15) is 8.42 Å². The number of benzene rings is 1. The molecule has 0 saturated carbocycles. The summed E-state index contributed by atoms with van der Waals surface area (Å²) in [7, 11) is -7.32. The fraction of sp³-hybridized carbons (Fsp3) is 0.381. The molecular formula is C21H27N5O5S2. The number of anilines is 2. The second-order valence-corrected chi connectivity index (χ2v) is 11.7. The molecule has 1 aliphatic heterocycles. The van der Waals surface area contributed by atoms with Crippen molar-refractivity contribution in [3.05, 3.63) is 48.3 Å². The first-order valence-electron chi connectivity index (χ1n) is 10.6. The first-order chi connectivity index (χ1) is 15.6. The quantitative estimate of drug-likeness (QED) is 0.475. The van der Waals surface area contributed by atoms with Crippen LogP contribution in [0.15, 0.2) is 47.6 Å². The van der Waals surface area contributed by atoms with Crippen molar-refractivity contribution in [1.82, 2.24) is 14.0 Å². The van der Waals surface area contributed by atoms with Crippen LogP contribution in [0.1, 0.15) is 25.3 Å². The molecule has 178 valence electrons. The van der Waals surface area contributed by atoms with Gasteiger partial charge in [0.15, 0.2) is 5.65 Å². The maximum Gasteiger partial charge on any atom is 0.269 e. The van der Waals surface area contributed by atoms with Gasteiger partial charge in [-0.1, -0.05) is 17.7 Å². The zero-order valence-corrected chi connectivity index (χ0v) is 20.1. The van der Waals surface area contributed by atoms with E-state index in [0.29, 0.717) is 42.7 Å². The number of piperidine rings is 1. The molecular weight excluding hydrogens is 466 g/mol. The first kappa shape index (κ1) is 23.5. The highest BCUT2D eigenvalue weighted by Crippen LogP contribution is 2.31. The molecule has 12 heteroatoms. The molecule has 0 spiro atoms. The standard InChI is InChI=1S/C21H27N5O5S2/c1-3-32(27,28)31-16-8-11-25(12-9-16)24-20-18-10-13-26(21(18)23-14-19(20)22)33(29,30)17-6-4-15(2)5-7-17/h4-7,10,13-14,16H,3,8-9,11-12,22H2,1-2H3,(H,23,24). The second-order valence-electron chi connectivity index (χ2n) is 8.00. The Morgan fingerprint density at radius 1 is 1.12 bits per heavy atom. The highest BCUT2D eigenvalue weighted by atomic mass is 32.2. The molecule has 1 saturated heterocycles. The van der Waals surface area contributed by atoms with E-state index in [1.54, 1.807) is 37.3 Å². The van der Waals surface area contributed by atoms with Gasteiger partial charge in [-0.15, -0.1) is 0 Å². The predicted octanol–water partition coefficient (Wildman–Crippen LogP) is 2.32. The number of hydrogen-bond acceptors (Lipinski definition) is 9. The van der Waals surface area contributed by atoms with Gasteiger partial charge < -0.3 is 11.2 Å². The van der Waals surface area contributed by atoms with Crippen LogP contribution in [0.2, 0.25) is 0 Å². The van der Waals surface area contributed by atoms with Crippen molar-refractivity contribution in [1.29, 1.82) is 0 Å². The normalized spacial score (nSPS) is 16.3. The van der Waals surface area contributed by atoms with Gasteiger partial charge in [-0.25, -0.2) is 22.4 Å². The molecule has 4 rings (SSSR count). The Bertz CT molecular complexity index is 1360. The van der Waals surface area contributed by atoms with Crippen LogP contribution in [-0.2, 0) is 24.3 Å². The van der Waals surface area contributed by atoms with Crippen molar-refractivity contribution < 1.29 is 21.0 Å². The Kier molecular flexibility index (Phi) is 6.36. The lowest BCUT2D eigenvalue weighted by molar-refractivity contribution is 0.119. The second kappa shape index (κ2) is 8.93. The van der Waals surface area contributed by atoms with Crippen molar-refractivity contribution in [3.8, 4) is 0 Å². The number of hydrazine groups is 1. The molecule has 3 heterocycles. The van der Waals surface area contributed by atoms with Crippen LogP contribution in [0.5, 0.6) is 0 Å². The molecule has 3 N–H and O–H groups in total. The summed E-state index contributed by atoms with van der Waals surface area (Å²) in [6.45, 7) is 4.51. The molecule has 1 aliphatic rings. The van der Waals surface area contributed by atoms with Gasteiger partial charge in [0.25, 0.3) is 20.1 Å². The van der Waals surface area contributed by atoms with Gasteiger partial charge in [-0.3, -0.25) is 4.18 Å². The number of rotatable bonds is 7. The molecule has 1 fully saturated rings. The Labute approximate surface area is 193 Å². The molecule has 10 nitrogen and oxygen atoms in total. The molecule has 0 atom stereocenters. The van der Waals surface area contributed by atoms with E-state index in [2.05, 4.69) is 10.4 Å². The maximum absolute atomic E-state index is 13.2. The number of hydrogen-bond donors (Lipinski definition) is 2. The fourth-order valence-corrected chi connectivity index (χ4v) is 5.76. The summed E-state index contributed by atoms with van der Waals surface area (Å²) in [5.41, 5.74) is 11.6. The highest BCUT2D eigenvalue weighted by molar-refractivity contribution is 7.90. The molecule has 0 bridgehead atoms. The molecule has 33 heavy (non-hydrogen) atoms. The number of nitrogen functional groups attached to an aromatic ring is 1. The number of nitrogens with one attached hydrogen (secondary N) is 1. The molecule has 1 aromatic carbocycles. The monoisotopic (exact) mass is 493 g/mol. The third kappa shape index (κ3) is 4.83. The van der Waals surface area contributed by atoms with Crippen LogP contribution in [0.25, 0.3) is 11.0 Å². The Morgan fingerprint density at radius 3 is 2.42 bits per heavy atom. The van der Waals surface area contributed by atoms with Crippen LogP contribution < -0.4 is 11.2 Å². The van der Waals surface area contributed by atoms with Crippen molar-refractivity contribution in [2.45, 2.75) is 37.7 Å². The number of nitrogens with zero attached hydrogens (tertiary/aromatic N) is 3. The lowest BCUT2D eigenvalue weighted by Gasteiger charge is -2.32. The molecule has 0 aliphatic carbocycles. The van der Waals surface area contributed by atoms with E-state index in [9.17, 15) is 16.8 Å². The predicted molar refractivity (Wildman–Crippen MR) is 127 cm³/mol. The SMILES string of the molecule is CCS(=O)(=O)OC1CCN(Nc2c(N)cnc3c2ccn3S(=O)(=O)c2ccc(C)cc2)CC1. The van der Waals surface area contributed by atoms with E-state index in [1.807, 2.05) is 11.9 Å². The summed E-state index contributed by atoms with van der Waals surface area (Å²) >= 11 is 0. The van der Waals surface area contributed by atoms with Crippen LogP contribution in [0, 0.1) is 6.92 Å². The minimum Gasteiger partial charge on any atom is -0.396 e. The third-order valence-electron chi connectivity index (χ3n) is 5.64. The van der Waals surface area contributed by atoms with Gasteiger partial charge in [0.05, 0.1) is 34.3 Å². The summed E-state index contributed by atoms with van der Waals surface area (Å²) in [6, 6.07) is 8.29. The molecule has 2 aromatic heterocycles. The van der Waals surface area contributed by atoms with E-state index in [-0.39, 0.29) is 22.4 Å². The average Bonchev–Trinajstić information content (AvgIpc) is 3.22. The summed E-state index contributed by atoms with van der Waals surface area (Å²) in [5.74, 6) is -0.0561. The van der Waals surface area contributed by atoms with E-state index >= 15 is 0 Å². The van der Waals surface area contributed by atoms with E-state index in [1.165, 1.54) is 12.4 Å². The number of pyridine rings is 1. The van der Waals surface area contributed by atoms with Crippen LogP contribution in [0.3, 0.4) is 0 Å². The topological polar surface area (TPSA) is 137 Å². The number of nitrogens with two attached hydrogens (primary N) is 1. The van der Waals surface area contributed by atoms with E-state index in [4.69, 9.17) is 9.92 Å². The fourth-order valence-electron chi connectivity index (χ4n) is 3.72. The Hall–Kier alpha value is -2.67. The van der Waals surface area contributed by atoms with Gasteiger partial charge >= 0.3 is 0 Å². The summed E-state index contributed by atoms with van der Waals surface area (Å²) in [5, 5.41) is 2.48. The Morgan fingerprint density at radius 2 is 1.79 bits per heavy atom. The van der Waals surface area contributed by atoms with Crippen LogP contribution >= 0.6 is 0 Å². The summed E-state index contributed by atoms with van der Waals surface area (Å²) in [4.78, 5) is 4.45. The average molecular weight is 494 g/mol. The number of aryl methyl sites for hydroxylation is 1. The van der Waals surface area contributed by atoms with E-state index in [0.717, 1.165) is 9.54 Å². The zero-order chi connectivity index (χ0) is 23.8. The lowest BCUT2D eigenvalue weighted by Crippen LogP contribution is -2.41. The highest BCUT2D eigenvalue weighted by Gasteiger charge is 2.26. The van der Waals surface area contributed by atoms with Gasteiger partial charge in [0.2, 0.25) is 0 Å². The number of fused-ring (bicyclic) bond motifs is 1. The van der Waals surface area contributed by atoms with Gasteiger partial charge in [-0.05, 0) is 44.9 Å². The first-order valence-corrected chi connectivity index (χ1v) is 13.6. The smallest absolute Gasteiger partial charge is 0.269 e. The molecule has 0 radical (unpaired) electrons. The molecule has 0 unspecified atom stereocenters. The van der Waals surface area contributed by atoms with E-state index < -0.39 is 20.1 Å². The van der Waals surface area contributed by atoms with Crippen molar-refractivity contribution in [3.63, 3.8) is 0 Å². The van der Waals surface area contributed by atoms with Gasteiger partial charge in [0, 0.05) is 24.7 Å². The largest absolute Gasteiger partial charge is 0.396 e. The van der Waals surface area contributed by atoms with Crippen molar-refractivity contribution in [2.75, 3.05) is 30.0 Å². The zero-order valence-electron chi connectivity index (χ0n) is 18.4. The van der Waals surface area contributed by atoms with Crippen LogP contribution in [-0.4, -0.2) is 55.7 Å². The third-order valence-corrected chi connectivity index (χ3v) is 8.59. The number of aromatic nitrogens is 2. The summed E-state index contributed by atoms with van der Waals surface area (Å²) < 4.78 is 56.1.